The first-order valence-corrected chi connectivity index (χ1v) is 6.83. The molecule has 2 rings (SSSR count). The number of nitrogens with zero attached hydrogens (tertiary/aromatic N) is 1. The lowest BCUT2D eigenvalue weighted by Gasteiger charge is -2.17. The smallest absolute Gasteiger partial charge is 0.280 e. The zero-order valence-corrected chi connectivity index (χ0v) is 12.8. The highest BCUT2D eigenvalue weighted by atomic mass is 16.5. The van der Waals surface area contributed by atoms with Crippen LogP contribution in [0.1, 0.15) is 36.7 Å². The third kappa shape index (κ3) is 3.83. The van der Waals surface area contributed by atoms with Crippen LogP contribution in [0.5, 0.6) is 0 Å². The van der Waals surface area contributed by atoms with Crippen molar-refractivity contribution in [3.05, 3.63) is 35.6 Å². The van der Waals surface area contributed by atoms with Crippen molar-refractivity contribution in [2.75, 3.05) is 13.7 Å². The number of fused-ring (bicyclic) bond motifs is 1. The Labute approximate surface area is 124 Å². The normalized spacial score (nSPS) is 11.9. The van der Waals surface area contributed by atoms with Crippen LogP contribution in [-0.4, -0.2) is 29.8 Å². The molecule has 0 atom stereocenters. The molecule has 0 radical (unpaired) electrons. The predicted octanol–water partition coefficient (Wildman–Crippen LogP) is 3.46. The lowest BCUT2D eigenvalue weighted by atomic mass is 9.99. The van der Waals surface area contributed by atoms with Gasteiger partial charge in [0.15, 0.2) is 0 Å². The molecule has 1 aromatic carbocycles. The molecule has 5 nitrogen and oxygen atoms in total. The van der Waals surface area contributed by atoms with Gasteiger partial charge in [0.25, 0.3) is 5.91 Å². The SMILES string of the molecule is CN(O)C(=O)c1coc2cc(COCC(C)(C)C)ccc12. The molecule has 0 unspecified atom stereocenters. The zero-order chi connectivity index (χ0) is 15.6. The van der Waals surface area contributed by atoms with Crippen molar-refractivity contribution in [3.63, 3.8) is 0 Å². The van der Waals surface area contributed by atoms with Crippen LogP contribution >= 0.6 is 0 Å². The molecule has 1 aromatic heterocycles. The molecule has 5 heteroatoms. The number of benzene rings is 1. The number of amides is 1. The van der Waals surface area contributed by atoms with Crippen molar-refractivity contribution in [3.8, 4) is 0 Å². The maximum Gasteiger partial charge on any atom is 0.280 e. The van der Waals surface area contributed by atoms with E-state index in [2.05, 4.69) is 20.8 Å². The van der Waals surface area contributed by atoms with Crippen molar-refractivity contribution < 1.29 is 19.2 Å². The van der Waals surface area contributed by atoms with Gasteiger partial charge in [0.1, 0.15) is 11.8 Å². The number of carbonyl (C=O) groups is 1. The van der Waals surface area contributed by atoms with Crippen LogP contribution in [-0.2, 0) is 11.3 Å². The van der Waals surface area contributed by atoms with E-state index in [4.69, 9.17) is 9.15 Å². The summed E-state index contributed by atoms with van der Waals surface area (Å²) in [4.78, 5) is 11.8. The fourth-order valence-electron chi connectivity index (χ4n) is 1.98. The second-order valence-electron chi connectivity index (χ2n) is 6.36. The molecule has 0 aliphatic rings. The molecule has 114 valence electrons. The van der Waals surface area contributed by atoms with Crippen LogP contribution in [0, 0.1) is 5.41 Å². The Morgan fingerprint density at radius 2 is 2.10 bits per heavy atom. The number of furan rings is 1. The Morgan fingerprint density at radius 1 is 1.38 bits per heavy atom. The first-order valence-electron chi connectivity index (χ1n) is 6.83. The lowest BCUT2D eigenvalue weighted by molar-refractivity contribution is -0.0374. The van der Waals surface area contributed by atoms with E-state index in [1.807, 2.05) is 18.2 Å². The molecule has 0 saturated heterocycles. The highest BCUT2D eigenvalue weighted by Gasteiger charge is 2.17. The standard InChI is InChI=1S/C16H21NO4/c1-16(2,3)10-20-8-11-5-6-12-13(15(18)17(4)19)9-21-14(12)7-11/h5-7,9,19H,8,10H2,1-4H3. The molecule has 0 fully saturated rings. The van der Waals surface area contributed by atoms with Gasteiger partial charge in [-0.2, -0.15) is 0 Å². The maximum absolute atomic E-state index is 11.8. The molecule has 1 amide bonds. The summed E-state index contributed by atoms with van der Waals surface area (Å²) in [5.41, 5.74) is 2.06. The fraction of sp³-hybridized carbons (Fsp3) is 0.438. The average Bonchev–Trinajstić information content (AvgIpc) is 2.79. The van der Waals surface area contributed by atoms with E-state index in [0.717, 1.165) is 5.56 Å². The van der Waals surface area contributed by atoms with E-state index >= 15 is 0 Å². The molecule has 0 saturated carbocycles. The summed E-state index contributed by atoms with van der Waals surface area (Å²) < 4.78 is 11.1. The first-order chi connectivity index (χ1) is 9.78. The summed E-state index contributed by atoms with van der Waals surface area (Å²) in [6.07, 6.45) is 1.36. The summed E-state index contributed by atoms with van der Waals surface area (Å²) >= 11 is 0. The molecule has 1 N–H and O–H groups in total. The second-order valence-corrected chi connectivity index (χ2v) is 6.36. The van der Waals surface area contributed by atoms with Crippen LogP contribution < -0.4 is 0 Å². The van der Waals surface area contributed by atoms with E-state index in [9.17, 15) is 10.0 Å². The summed E-state index contributed by atoms with van der Waals surface area (Å²) in [6, 6.07) is 5.56. The van der Waals surface area contributed by atoms with Crippen molar-refractivity contribution in [1.82, 2.24) is 5.06 Å². The molecular formula is C16H21NO4. The molecule has 0 aliphatic heterocycles. The van der Waals surface area contributed by atoms with E-state index in [1.165, 1.54) is 13.3 Å². The minimum atomic E-state index is -0.495. The van der Waals surface area contributed by atoms with E-state index in [1.54, 1.807) is 0 Å². The summed E-state index contributed by atoms with van der Waals surface area (Å²) in [5, 5.41) is 10.4. The van der Waals surface area contributed by atoms with Gasteiger partial charge in [-0.3, -0.25) is 10.0 Å². The third-order valence-electron chi connectivity index (χ3n) is 2.97. The zero-order valence-electron chi connectivity index (χ0n) is 12.8. The van der Waals surface area contributed by atoms with Gasteiger partial charge in [-0.15, -0.1) is 0 Å². The van der Waals surface area contributed by atoms with Gasteiger partial charge in [0.05, 0.1) is 18.8 Å². The molecule has 0 bridgehead atoms. The Hall–Kier alpha value is -1.85. The van der Waals surface area contributed by atoms with Gasteiger partial charge in [0, 0.05) is 12.4 Å². The van der Waals surface area contributed by atoms with E-state index in [-0.39, 0.29) is 5.41 Å². The molecule has 21 heavy (non-hydrogen) atoms. The number of hydrogen-bond acceptors (Lipinski definition) is 4. The number of ether oxygens (including phenoxy) is 1. The van der Waals surface area contributed by atoms with Crippen LogP contribution in [0.25, 0.3) is 11.0 Å². The van der Waals surface area contributed by atoms with E-state index < -0.39 is 5.91 Å². The minimum Gasteiger partial charge on any atom is -0.463 e. The molecule has 0 spiro atoms. The van der Waals surface area contributed by atoms with Gasteiger partial charge in [0.2, 0.25) is 0 Å². The quantitative estimate of drug-likeness (QED) is 0.692. The van der Waals surface area contributed by atoms with Gasteiger partial charge in [-0.25, -0.2) is 5.06 Å². The first kappa shape index (κ1) is 15.5. The van der Waals surface area contributed by atoms with Gasteiger partial charge >= 0.3 is 0 Å². The molecular weight excluding hydrogens is 270 g/mol. The van der Waals surface area contributed by atoms with Crippen LogP contribution in [0.15, 0.2) is 28.9 Å². The van der Waals surface area contributed by atoms with Crippen LogP contribution in [0.4, 0.5) is 0 Å². The number of rotatable bonds is 4. The number of hydrogen-bond donors (Lipinski definition) is 1. The van der Waals surface area contributed by atoms with Gasteiger partial charge in [-0.1, -0.05) is 26.8 Å². The Balaban J connectivity index is 2.15. The number of hydroxylamine groups is 2. The lowest BCUT2D eigenvalue weighted by Crippen LogP contribution is -2.21. The largest absolute Gasteiger partial charge is 0.463 e. The van der Waals surface area contributed by atoms with Gasteiger partial charge < -0.3 is 9.15 Å². The molecule has 0 aliphatic carbocycles. The maximum atomic E-state index is 11.8. The Bertz CT molecular complexity index is 637. The fourth-order valence-corrected chi connectivity index (χ4v) is 1.98. The minimum absolute atomic E-state index is 0.125. The van der Waals surface area contributed by atoms with Crippen molar-refractivity contribution in [1.29, 1.82) is 0 Å². The Morgan fingerprint density at radius 3 is 2.71 bits per heavy atom. The average molecular weight is 291 g/mol. The van der Waals surface area contributed by atoms with Crippen molar-refractivity contribution >= 4 is 16.9 Å². The van der Waals surface area contributed by atoms with Gasteiger partial charge in [-0.05, 0) is 23.1 Å². The highest BCUT2D eigenvalue weighted by molar-refractivity contribution is 6.05. The van der Waals surface area contributed by atoms with Crippen molar-refractivity contribution in [2.45, 2.75) is 27.4 Å². The van der Waals surface area contributed by atoms with Crippen molar-refractivity contribution in [2.24, 2.45) is 5.41 Å². The van der Waals surface area contributed by atoms with Crippen LogP contribution in [0.3, 0.4) is 0 Å². The predicted molar refractivity (Wildman–Crippen MR) is 79.2 cm³/mol. The summed E-state index contributed by atoms with van der Waals surface area (Å²) in [5.74, 6) is -0.495. The molecule has 2 aromatic rings. The number of carbonyl (C=O) groups excluding carboxylic acids is 1. The second kappa shape index (κ2) is 5.87. The third-order valence-corrected chi connectivity index (χ3v) is 2.97. The highest BCUT2D eigenvalue weighted by Crippen LogP contribution is 2.24. The van der Waals surface area contributed by atoms with Crippen LogP contribution in [0.2, 0.25) is 0 Å². The molecule has 1 heterocycles. The summed E-state index contributed by atoms with van der Waals surface area (Å²) in [7, 11) is 1.29. The monoisotopic (exact) mass is 291 g/mol. The topological polar surface area (TPSA) is 62.9 Å². The summed E-state index contributed by atoms with van der Waals surface area (Å²) in [6.45, 7) is 7.52. The Kier molecular flexibility index (Phi) is 4.34. The van der Waals surface area contributed by atoms with E-state index in [0.29, 0.717) is 34.8 Å².